The van der Waals surface area contributed by atoms with Gasteiger partial charge in [-0.2, -0.15) is 5.26 Å². The van der Waals surface area contributed by atoms with E-state index in [0.29, 0.717) is 11.1 Å². The Balaban J connectivity index is 1.64. The van der Waals surface area contributed by atoms with Crippen LogP contribution in [0.2, 0.25) is 0 Å². The van der Waals surface area contributed by atoms with E-state index in [1.165, 1.54) is 0 Å². The topological polar surface area (TPSA) is 102 Å². The molecule has 7 nitrogen and oxygen atoms in total. The number of carbonyl (C=O) groups excluding carboxylic acids is 3. The second kappa shape index (κ2) is 7.53. The summed E-state index contributed by atoms with van der Waals surface area (Å²) in [7, 11) is 0. The van der Waals surface area contributed by atoms with Crippen LogP contribution in [0.5, 0.6) is 0 Å². The SMILES string of the molecule is Cc1ccc(C2(C)NC(=O)N(CC(=O)NCc3ccc(C#N)cc3)C2=O)cc1. The Morgan fingerprint density at radius 1 is 1.14 bits per heavy atom. The Morgan fingerprint density at radius 2 is 1.79 bits per heavy atom. The highest BCUT2D eigenvalue weighted by Gasteiger charge is 2.49. The minimum absolute atomic E-state index is 0.240. The average molecular weight is 376 g/mol. The first-order chi connectivity index (χ1) is 13.3. The number of benzene rings is 2. The Bertz CT molecular complexity index is 961. The molecule has 2 N–H and O–H groups in total. The first-order valence-corrected chi connectivity index (χ1v) is 8.80. The van der Waals surface area contributed by atoms with E-state index in [1.807, 2.05) is 25.1 Å². The molecule has 0 aliphatic carbocycles. The van der Waals surface area contributed by atoms with Gasteiger partial charge in [0.25, 0.3) is 5.91 Å². The second-order valence-corrected chi connectivity index (χ2v) is 6.90. The summed E-state index contributed by atoms with van der Waals surface area (Å²) in [4.78, 5) is 38.3. The van der Waals surface area contributed by atoms with Crippen molar-refractivity contribution in [1.29, 1.82) is 5.26 Å². The van der Waals surface area contributed by atoms with Crippen LogP contribution >= 0.6 is 0 Å². The third-order valence-electron chi connectivity index (χ3n) is 4.78. The number of nitrogens with one attached hydrogen (secondary N) is 2. The van der Waals surface area contributed by atoms with E-state index in [0.717, 1.165) is 16.0 Å². The number of hydrogen-bond donors (Lipinski definition) is 2. The smallest absolute Gasteiger partial charge is 0.325 e. The number of aryl methyl sites for hydroxylation is 1. The second-order valence-electron chi connectivity index (χ2n) is 6.90. The van der Waals surface area contributed by atoms with Crippen LogP contribution in [0.15, 0.2) is 48.5 Å². The molecule has 0 radical (unpaired) electrons. The molecular weight excluding hydrogens is 356 g/mol. The molecule has 1 aliphatic rings. The molecule has 142 valence electrons. The summed E-state index contributed by atoms with van der Waals surface area (Å²) in [6.45, 7) is 3.45. The summed E-state index contributed by atoms with van der Waals surface area (Å²) >= 11 is 0. The first-order valence-electron chi connectivity index (χ1n) is 8.80. The fourth-order valence-corrected chi connectivity index (χ4v) is 3.02. The number of imide groups is 1. The van der Waals surface area contributed by atoms with Gasteiger partial charge in [0.15, 0.2) is 0 Å². The molecule has 1 fully saturated rings. The maximum absolute atomic E-state index is 12.8. The monoisotopic (exact) mass is 376 g/mol. The zero-order chi connectivity index (χ0) is 20.3. The molecule has 28 heavy (non-hydrogen) atoms. The summed E-state index contributed by atoms with van der Waals surface area (Å²) in [5.74, 6) is -0.907. The molecule has 0 aromatic heterocycles. The van der Waals surface area contributed by atoms with Crippen LogP contribution in [0.25, 0.3) is 0 Å². The van der Waals surface area contributed by atoms with Crippen molar-refractivity contribution in [2.45, 2.75) is 25.9 Å². The van der Waals surface area contributed by atoms with Gasteiger partial charge < -0.3 is 10.6 Å². The summed E-state index contributed by atoms with van der Waals surface area (Å²) in [5.41, 5.74) is 1.86. The highest BCUT2D eigenvalue weighted by molar-refractivity contribution is 6.09. The lowest BCUT2D eigenvalue weighted by Crippen LogP contribution is -2.43. The largest absolute Gasteiger partial charge is 0.350 e. The number of amides is 4. The molecule has 1 aliphatic heterocycles. The van der Waals surface area contributed by atoms with Gasteiger partial charge in [0.2, 0.25) is 5.91 Å². The van der Waals surface area contributed by atoms with Gasteiger partial charge in [-0.1, -0.05) is 42.0 Å². The van der Waals surface area contributed by atoms with Crippen LogP contribution in [-0.4, -0.2) is 29.3 Å². The van der Waals surface area contributed by atoms with E-state index in [-0.39, 0.29) is 13.1 Å². The van der Waals surface area contributed by atoms with E-state index in [4.69, 9.17) is 5.26 Å². The number of hydrogen-bond acceptors (Lipinski definition) is 4. The molecule has 2 aromatic rings. The predicted octanol–water partition coefficient (Wildman–Crippen LogP) is 1.95. The van der Waals surface area contributed by atoms with E-state index >= 15 is 0 Å². The van der Waals surface area contributed by atoms with E-state index < -0.39 is 23.4 Å². The molecule has 2 aromatic carbocycles. The number of carbonyl (C=O) groups is 3. The molecule has 7 heteroatoms. The van der Waals surface area contributed by atoms with Crippen LogP contribution in [0.3, 0.4) is 0 Å². The van der Waals surface area contributed by atoms with Gasteiger partial charge >= 0.3 is 6.03 Å². The van der Waals surface area contributed by atoms with Crippen molar-refractivity contribution >= 4 is 17.8 Å². The molecule has 1 unspecified atom stereocenters. The van der Waals surface area contributed by atoms with Gasteiger partial charge in [-0.15, -0.1) is 0 Å². The van der Waals surface area contributed by atoms with Crippen molar-refractivity contribution in [1.82, 2.24) is 15.5 Å². The summed E-state index contributed by atoms with van der Waals surface area (Å²) in [6, 6.07) is 15.5. The lowest BCUT2D eigenvalue weighted by molar-refractivity contribution is -0.134. The van der Waals surface area contributed by atoms with Gasteiger partial charge in [0.1, 0.15) is 12.1 Å². The average Bonchev–Trinajstić information content (AvgIpc) is 2.91. The molecule has 0 bridgehead atoms. The zero-order valence-corrected chi connectivity index (χ0v) is 15.7. The molecule has 3 rings (SSSR count). The third-order valence-corrected chi connectivity index (χ3v) is 4.78. The Labute approximate surface area is 163 Å². The highest BCUT2D eigenvalue weighted by atomic mass is 16.2. The normalized spacial score (nSPS) is 18.5. The number of nitriles is 1. The van der Waals surface area contributed by atoms with Crippen molar-refractivity contribution in [2.24, 2.45) is 0 Å². The lowest BCUT2D eigenvalue weighted by Gasteiger charge is -2.22. The summed E-state index contributed by atoms with van der Waals surface area (Å²) < 4.78 is 0. The van der Waals surface area contributed by atoms with Crippen LogP contribution in [0.4, 0.5) is 4.79 Å². The van der Waals surface area contributed by atoms with Gasteiger partial charge in [-0.3, -0.25) is 14.5 Å². The van der Waals surface area contributed by atoms with Crippen LogP contribution in [0, 0.1) is 18.3 Å². The van der Waals surface area contributed by atoms with Gasteiger partial charge in [0, 0.05) is 6.54 Å². The Kier molecular flexibility index (Phi) is 5.14. The zero-order valence-electron chi connectivity index (χ0n) is 15.7. The number of rotatable bonds is 5. The quantitative estimate of drug-likeness (QED) is 0.779. The molecule has 0 spiro atoms. The molecule has 1 saturated heterocycles. The lowest BCUT2D eigenvalue weighted by atomic mass is 9.91. The molecule has 1 atom stereocenters. The van der Waals surface area contributed by atoms with Gasteiger partial charge in [0.05, 0.1) is 11.6 Å². The highest BCUT2D eigenvalue weighted by Crippen LogP contribution is 2.28. The van der Waals surface area contributed by atoms with Crippen molar-refractivity contribution in [3.8, 4) is 6.07 Å². The van der Waals surface area contributed by atoms with Crippen molar-refractivity contribution in [3.05, 3.63) is 70.8 Å². The third kappa shape index (κ3) is 3.71. The number of nitrogens with zero attached hydrogens (tertiary/aromatic N) is 2. The van der Waals surface area contributed by atoms with Crippen LogP contribution < -0.4 is 10.6 Å². The predicted molar refractivity (Wildman–Crippen MR) is 102 cm³/mol. The Hall–Kier alpha value is -3.66. The van der Waals surface area contributed by atoms with E-state index in [2.05, 4.69) is 10.6 Å². The van der Waals surface area contributed by atoms with Crippen molar-refractivity contribution in [2.75, 3.05) is 6.54 Å². The van der Waals surface area contributed by atoms with Crippen LogP contribution in [-0.2, 0) is 21.7 Å². The Morgan fingerprint density at radius 3 is 2.39 bits per heavy atom. The molecular formula is C21H20N4O3. The minimum atomic E-state index is -1.20. The van der Waals surface area contributed by atoms with Crippen LogP contribution in [0.1, 0.15) is 29.2 Å². The fraction of sp³-hybridized carbons (Fsp3) is 0.238. The van der Waals surface area contributed by atoms with E-state index in [9.17, 15) is 14.4 Å². The maximum atomic E-state index is 12.8. The van der Waals surface area contributed by atoms with Gasteiger partial charge in [-0.25, -0.2) is 4.79 Å². The summed E-state index contributed by atoms with van der Waals surface area (Å²) in [5, 5.41) is 14.2. The number of urea groups is 1. The summed E-state index contributed by atoms with van der Waals surface area (Å²) in [6.07, 6.45) is 0. The maximum Gasteiger partial charge on any atom is 0.325 e. The first kappa shape index (κ1) is 19.1. The molecule has 0 saturated carbocycles. The van der Waals surface area contributed by atoms with Crippen molar-refractivity contribution in [3.63, 3.8) is 0 Å². The van der Waals surface area contributed by atoms with Gasteiger partial charge in [-0.05, 0) is 37.1 Å². The molecule has 1 heterocycles. The minimum Gasteiger partial charge on any atom is -0.350 e. The molecule has 4 amide bonds. The van der Waals surface area contributed by atoms with Crippen molar-refractivity contribution < 1.29 is 14.4 Å². The fourth-order valence-electron chi connectivity index (χ4n) is 3.02. The standard InChI is InChI=1S/C21H20N4O3/c1-14-3-9-17(10-4-14)21(2)19(27)25(20(28)24-21)13-18(26)23-12-16-7-5-15(11-22)6-8-16/h3-10H,12-13H2,1-2H3,(H,23,26)(H,24,28). The van der Waals surface area contributed by atoms with E-state index in [1.54, 1.807) is 43.3 Å².